The summed E-state index contributed by atoms with van der Waals surface area (Å²) in [5.41, 5.74) is 0.287. The van der Waals surface area contributed by atoms with Crippen molar-refractivity contribution in [1.82, 2.24) is 10.2 Å². The standard InChI is InChI=1S/C14H16N4O4S/c15-9-11(10-18-7-5-16-6-8-18)14(19)17-12-1-3-13(4-2-12)23(20,21)22/h1-4,10,16H,5-8H2,(H,17,19)(H,20,21,22)/b11-10-. The lowest BCUT2D eigenvalue weighted by Crippen LogP contribution is -2.41. The molecule has 0 spiro atoms. The smallest absolute Gasteiger partial charge is 0.294 e. The van der Waals surface area contributed by atoms with Gasteiger partial charge in [0.1, 0.15) is 11.6 Å². The summed E-state index contributed by atoms with van der Waals surface area (Å²) in [6.07, 6.45) is 1.52. The molecule has 0 saturated carbocycles. The van der Waals surface area contributed by atoms with Gasteiger partial charge in [0.2, 0.25) is 0 Å². The molecule has 0 atom stereocenters. The minimum absolute atomic E-state index is 0.0363. The number of hydrogen-bond acceptors (Lipinski definition) is 6. The molecule has 1 fully saturated rings. The van der Waals surface area contributed by atoms with Crippen molar-refractivity contribution < 1.29 is 17.8 Å². The molecule has 0 aliphatic carbocycles. The second-order valence-electron chi connectivity index (χ2n) is 4.89. The van der Waals surface area contributed by atoms with E-state index in [9.17, 15) is 13.2 Å². The highest BCUT2D eigenvalue weighted by Gasteiger charge is 2.14. The number of nitrogens with zero attached hydrogens (tertiary/aromatic N) is 2. The number of benzene rings is 1. The Morgan fingerprint density at radius 1 is 1.30 bits per heavy atom. The molecule has 0 bridgehead atoms. The van der Waals surface area contributed by atoms with Crippen LogP contribution in [0.25, 0.3) is 0 Å². The molecule has 1 heterocycles. The molecule has 1 amide bonds. The third-order valence-electron chi connectivity index (χ3n) is 3.24. The van der Waals surface area contributed by atoms with E-state index in [1.165, 1.54) is 18.3 Å². The van der Waals surface area contributed by atoms with Gasteiger partial charge in [0, 0.05) is 38.1 Å². The summed E-state index contributed by atoms with van der Waals surface area (Å²) in [4.78, 5) is 13.7. The van der Waals surface area contributed by atoms with Crippen LogP contribution in [-0.4, -0.2) is 50.0 Å². The second-order valence-corrected chi connectivity index (χ2v) is 6.32. The average molecular weight is 336 g/mol. The summed E-state index contributed by atoms with van der Waals surface area (Å²) >= 11 is 0. The van der Waals surface area contributed by atoms with Gasteiger partial charge in [0.25, 0.3) is 16.0 Å². The maximum atomic E-state index is 12.1. The van der Waals surface area contributed by atoms with Crippen LogP contribution in [0.1, 0.15) is 0 Å². The van der Waals surface area contributed by atoms with Crippen molar-refractivity contribution in [2.75, 3.05) is 31.5 Å². The highest BCUT2D eigenvalue weighted by atomic mass is 32.2. The lowest BCUT2D eigenvalue weighted by atomic mass is 10.2. The van der Waals surface area contributed by atoms with Crippen molar-refractivity contribution in [3.63, 3.8) is 0 Å². The Morgan fingerprint density at radius 2 is 1.91 bits per heavy atom. The van der Waals surface area contributed by atoms with Crippen LogP contribution >= 0.6 is 0 Å². The van der Waals surface area contributed by atoms with Crippen molar-refractivity contribution in [3.8, 4) is 6.07 Å². The molecule has 9 heteroatoms. The number of nitriles is 1. The molecule has 1 aliphatic heterocycles. The number of amides is 1. The van der Waals surface area contributed by atoms with Crippen LogP contribution in [0.3, 0.4) is 0 Å². The Balaban J connectivity index is 2.07. The van der Waals surface area contributed by atoms with Crippen LogP contribution in [0.2, 0.25) is 0 Å². The zero-order valence-corrected chi connectivity index (χ0v) is 13.0. The quantitative estimate of drug-likeness (QED) is 0.407. The maximum absolute atomic E-state index is 12.1. The van der Waals surface area contributed by atoms with E-state index in [2.05, 4.69) is 10.6 Å². The first kappa shape index (κ1) is 17.0. The van der Waals surface area contributed by atoms with E-state index in [0.29, 0.717) is 18.8 Å². The third-order valence-corrected chi connectivity index (χ3v) is 4.11. The number of carbonyl (C=O) groups is 1. The van der Waals surface area contributed by atoms with E-state index in [-0.39, 0.29) is 10.5 Å². The van der Waals surface area contributed by atoms with Gasteiger partial charge >= 0.3 is 0 Å². The van der Waals surface area contributed by atoms with E-state index >= 15 is 0 Å². The zero-order chi connectivity index (χ0) is 16.9. The molecule has 1 aromatic rings. The van der Waals surface area contributed by atoms with Crippen molar-refractivity contribution in [3.05, 3.63) is 36.0 Å². The van der Waals surface area contributed by atoms with E-state index in [1.54, 1.807) is 0 Å². The number of carbonyl (C=O) groups excluding carboxylic acids is 1. The number of piperazine rings is 1. The van der Waals surface area contributed by atoms with Gasteiger partial charge in [0.05, 0.1) is 4.90 Å². The second kappa shape index (κ2) is 7.23. The predicted molar refractivity (Wildman–Crippen MR) is 83.0 cm³/mol. The Labute approximate surface area is 134 Å². The van der Waals surface area contributed by atoms with Crippen LogP contribution in [0.5, 0.6) is 0 Å². The van der Waals surface area contributed by atoms with E-state index in [0.717, 1.165) is 25.2 Å². The topological polar surface area (TPSA) is 123 Å². The molecule has 0 aromatic heterocycles. The minimum atomic E-state index is -4.28. The summed E-state index contributed by atoms with van der Waals surface area (Å²) in [6.45, 7) is 2.99. The highest BCUT2D eigenvalue weighted by molar-refractivity contribution is 7.85. The molecule has 122 valence electrons. The summed E-state index contributed by atoms with van der Waals surface area (Å²) in [5, 5.41) is 14.8. The van der Waals surface area contributed by atoms with Crippen LogP contribution in [0.15, 0.2) is 40.9 Å². The first-order chi connectivity index (χ1) is 10.9. The fourth-order valence-corrected chi connectivity index (χ4v) is 2.52. The lowest BCUT2D eigenvalue weighted by Gasteiger charge is -2.26. The molecule has 23 heavy (non-hydrogen) atoms. The molecule has 8 nitrogen and oxygen atoms in total. The van der Waals surface area contributed by atoms with Gasteiger partial charge in [-0.05, 0) is 24.3 Å². The van der Waals surface area contributed by atoms with Gasteiger partial charge in [-0.3, -0.25) is 9.35 Å². The monoisotopic (exact) mass is 336 g/mol. The molecule has 1 saturated heterocycles. The minimum Gasteiger partial charge on any atom is -0.374 e. The summed E-state index contributed by atoms with van der Waals surface area (Å²) < 4.78 is 30.8. The first-order valence-corrected chi connectivity index (χ1v) is 8.30. The Kier molecular flexibility index (Phi) is 5.33. The Morgan fingerprint density at radius 3 is 2.43 bits per heavy atom. The number of anilines is 1. The van der Waals surface area contributed by atoms with Gasteiger partial charge in [-0.25, -0.2) is 0 Å². The van der Waals surface area contributed by atoms with Crippen LogP contribution in [0.4, 0.5) is 5.69 Å². The first-order valence-electron chi connectivity index (χ1n) is 6.86. The number of rotatable bonds is 4. The summed E-state index contributed by atoms with van der Waals surface area (Å²) in [5.74, 6) is -0.578. The molecule has 0 radical (unpaired) electrons. The molecule has 1 aliphatic rings. The number of hydrogen-bond donors (Lipinski definition) is 3. The van der Waals surface area contributed by atoms with Crippen LogP contribution < -0.4 is 10.6 Å². The average Bonchev–Trinajstić information content (AvgIpc) is 2.53. The van der Waals surface area contributed by atoms with Crippen molar-refractivity contribution >= 4 is 21.7 Å². The van der Waals surface area contributed by atoms with E-state index < -0.39 is 16.0 Å². The van der Waals surface area contributed by atoms with Gasteiger partial charge in [0.15, 0.2) is 0 Å². The van der Waals surface area contributed by atoms with Gasteiger partial charge in [-0.15, -0.1) is 0 Å². The fraction of sp³-hybridized carbons (Fsp3) is 0.286. The Hall–Kier alpha value is -2.41. The van der Waals surface area contributed by atoms with Gasteiger partial charge in [-0.1, -0.05) is 0 Å². The van der Waals surface area contributed by atoms with Crippen LogP contribution in [-0.2, 0) is 14.9 Å². The van der Waals surface area contributed by atoms with Crippen LogP contribution in [0, 0.1) is 11.3 Å². The van der Waals surface area contributed by atoms with Crippen molar-refractivity contribution in [2.24, 2.45) is 0 Å². The summed E-state index contributed by atoms with van der Waals surface area (Å²) in [6, 6.07) is 6.85. The summed E-state index contributed by atoms with van der Waals surface area (Å²) in [7, 11) is -4.28. The SMILES string of the molecule is N#C/C(=C/N1CCNCC1)C(=O)Nc1ccc(S(=O)(=O)O)cc1. The molecular weight excluding hydrogens is 320 g/mol. The van der Waals surface area contributed by atoms with Gasteiger partial charge < -0.3 is 15.5 Å². The zero-order valence-electron chi connectivity index (χ0n) is 12.2. The molecule has 2 rings (SSSR count). The largest absolute Gasteiger partial charge is 0.374 e. The lowest BCUT2D eigenvalue weighted by molar-refractivity contribution is -0.112. The molecule has 3 N–H and O–H groups in total. The maximum Gasteiger partial charge on any atom is 0.294 e. The molecule has 1 aromatic carbocycles. The van der Waals surface area contributed by atoms with Crippen molar-refractivity contribution in [2.45, 2.75) is 4.90 Å². The molecule has 0 unspecified atom stereocenters. The molecular formula is C14H16N4O4S. The predicted octanol–water partition coefficient (Wildman–Crippen LogP) is 0.184. The number of nitrogens with one attached hydrogen (secondary N) is 2. The van der Waals surface area contributed by atoms with E-state index in [4.69, 9.17) is 9.81 Å². The fourth-order valence-electron chi connectivity index (χ4n) is 2.04. The normalized spacial score (nSPS) is 15.8. The van der Waals surface area contributed by atoms with Crippen molar-refractivity contribution in [1.29, 1.82) is 5.26 Å². The highest BCUT2D eigenvalue weighted by Crippen LogP contribution is 2.14. The third kappa shape index (κ3) is 4.79. The Bertz CT molecular complexity index is 744. The van der Waals surface area contributed by atoms with E-state index in [1.807, 2.05) is 11.0 Å². The van der Waals surface area contributed by atoms with Gasteiger partial charge in [-0.2, -0.15) is 13.7 Å².